The van der Waals surface area contributed by atoms with E-state index in [2.05, 4.69) is 10.3 Å². The number of rotatable bonds is 2. The van der Waals surface area contributed by atoms with E-state index in [-0.39, 0.29) is 6.42 Å². The largest absolute Gasteiger partial charge is 0.518 e. The summed E-state index contributed by atoms with van der Waals surface area (Å²) in [5.74, 6) is -2.67. The molecule has 1 aliphatic heterocycles. The molecule has 0 amide bonds. The van der Waals surface area contributed by atoms with Gasteiger partial charge in [-0.2, -0.15) is 0 Å². The SMILES string of the molecule is CC1(C)OB(c2cn(C3CC3(F)F)nn2)OC1(C)C. The van der Waals surface area contributed by atoms with E-state index < -0.39 is 30.3 Å². The van der Waals surface area contributed by atoms with Crippen molar-refractivity contribution in [1.82, 2.24) is 15.0 Å². The van der Waals surface area contributed by atoms with Crippen LogP contribution in [-0.4, -0.2) is 39.2 Å². The fraction of sp³-hybridized carbons (Fsp3) is 0.818. The van der Waals surface area contributed by atoms with E-state index in [0.29, 0.717) is 5.59 Å². The molecular weight excluding hydrogens is 255 g/mol. The van der Waals surface area contributed by atoms with E-state index in [4.69, 9.17) is 9.31 Å². The topological polar surface area (TPSA) is 49.2 Å². The highest BCUT2D eigenvalue weighted by molar-refractivity contribution is 6.61. The van der Waals surface area contributed by atoms with E-state index in [1.807, 2.05) is 27.7 Å². The number of hydrogen-bond donors (Lipinski definition) is 0. The summed E-state index contributed by atoms with van der Waals surface area (Å²) in [6.07, 6.45) is 1.30. The lowest BCUT2D eigenvalue weighted by Gasteiger charge is -2.32. The molecule has 1 saturated heterocycles. The first kappa shape index (κ1) is 13.0. The predicted molar refractivity (Wildman–Crippen MR) is 64.3 cm³/mol. The Morgan fingerprint density at radius 2 is 1.79 bits per heavy atom. The summed E-state index contributed by atoms with van der Waals surface area (Å²) in [6, 6.07) is -0.879. The molecule has 0 aromatic carbocycles. The van der Waals surface area contributed by atoms with Crippen molar-refractivity contribution in [3.05, 3.63) is 6.20 Å². The quantitative estimate of drug-likeness (QED) is 0.757. The van der Waals surface area contributed by atoms with Crippen LogP contribution < -0.4 is 5.59 Å². The molecular formula is C11H16BF2N3O2. The van der Waals surface area contributed by atoms with Crippen LogP contribution in [0.5, 0.6) is 0 Å². The monoisotopic (exact) mass is 271 g/mol. The highest BCUT2D eigenvalue weighted by Gasteiger charge is 2.60. The second-order valence-corrected chi connectivity index (χ2v) is 6.19. The van der Waals surface area contributed by atoms with Gasteiger partial charge in [0, 0.05) is 12.6 Å². The molecule has 0 bridgehead atoms. The maximum atomic E-state index is 13.0. The number of nitrogens with zero attached hydrogens (tertiary/aromatic N) is 3. The van der Waals surface area contributed by atoms with Crippen molar-refractivity contribution >= 4 is 12.7 Å². The maximum Gasteiger partial charge on any atom is 0.518 e. The van der Waals surface area contributed by atoms with Crippen LogP contribution in [0.1, 0.15) is 40.2 Å². The summed E-state index contributed by atoms with van der Waals surface area (Å²) in [7, 11) is -0.661. The normalized spacial score (nSPS) is 30.6. The van der Waals surface area contributed by atoms with Gasteiger partial charge in [0.15, 0.2) is 0 Å². The number of aromatic nitrogens is 3. The van der Waals surface area contributed by atoms with Crippen molar-refractivity contribution < 1.29 is 18.1 Å². The highest BCUT2D eigenvalue weighted by Crippen LogP contribution is 2.51. The first-order chi connectivity index (χ1) is 8.62. The van der Waals surface area contributed by atoms with Crippen LogP contribution in [0, 0.1) is 0 Å². The zero-order valence-corrected chi connectivity index (χ0v) is 11.4. The minimum atomic E-state index is -2.67. The van der Waals surface area contributed by atoms with Gasteiger partial charge in [-0.3, -0.25) is 0 Å². The van der Waals surface area contributed by atoms with Gasteiger partial charge in [0.05, 0.1) is 11.2 Å². The average molecular weight is 271 g/mol. The van der Waals surface area contributed by atoms with E-state index in [1.54, 1.807) is 0 Å². The van der Waals surface area contributed by atoms with Gasteiger partial charge in [0.2, 0.25) is 0 Å². The Kier molecular flexibility index (Phi) is 2.42. The van der Waals surface area contributed by atoms with Gasteiger partial charge in [0.25, 0.3) is 5.92 Å². The molecule has 1 aromatic heterocycles. The van der Waals surface area contributed by atoms with Crippen molar-refractivity contribution in [2.75, 3.05) is 0 Å². The number of alkyl halides is 2. The van der Waals surface area contributed by atoms with E-state index in [9.17, 15) is 8.78 Å². The van der Waals surface area contributed by atoms with Crippen LogP contribution in [0.25, 0.3) is 0 Å². The van der Waals surface area contributed by atoms with Crippen molar-refractivity contribution in [2.24, 2.45) is 0 Å². The lowest BCUT2D eigenvalue weighted by molar-refractivity contribution is 0.00578. The van der Waals surface area contributed by atoms with Crippen LogP contribution in [0.3, 0.4) is 0 Å². The van der Waals surface area contributed by atoms with Gasteiger partial charge in [-0.25, -0.2) is 13.5 Å². The van der Waals surface area contributed by atoms with Crippen LogP contribution in [0.15, 0.2) is 6.20 Å². The van der Waals surface area contributed by atoms with Gasteiger partial charge in [-0.15, -0.1) is 5.10 Å². The molecule has 0 spiro atoms. The van der Waals surface area contributed by atoms with E-state index in [0.717, 1.165) is 0 Å². The molecule has 3 rings (SSSR count). The maximum absolute atomic E-state index is 13.0. The summed E-state index contributed by atoms with van der Waals surface area (Å²) in [4.78, 5) is 0. The van der Waals surface area contributed by atoms with E-state index in [1.165, 1.54) is 10.9 Å². The Balaban J connectivity index is 1.78. The molecule has 1 aromatic rings. The molecule has 2 fully saturated rings. The minimum Gasteiger partial charge on any atom is -0.398 e. The van der Waals surface area contributed by atoms with Crippen LogP contribution in [0.2, 0.25) is 0 Å². The second-order valence-electron chi connectivity index (χ2n) is 6.19. The third-order valence-corrected chi connectivity index (χ3v) is 4.13. The van der Waals surface area contributed by atoms with Gasteiger partial charge in [-0.05, 0) is 27.7 Å². The Labute approximate surface area is 110 Å². The fourth-order valence-electron chi connectivity index (χ4n) is 2.00. The summed E-state index contributed by atoms with van der Waals surface area (Å²) in [5.41, 5.74) is -0.531. The summed E-state index contributed by atoms with van der Waals surface area (Å²) >= 11 is 0. The third kappa shape index (κ3) is 1.97. The van der Waals surface area contributed by atoms with Crippen LogP contribution in [0.4, 0.5) is 8.78 Å². The molecule has 2 aliphatic rings. The molecule has 0 N–H and O–H groups in total. The van der Waals surface area contributed by atoms with Crippen molar-refractivity contribution in [3.63, 3.8) is 0 Å². The molecule has 1 atom stereocenters. The second kappa shape index (κ2) is 3.55. The van der Waals surface area contributed by atoms with Crippen molar-refractivity contribution in [2.45, 2.75) is 57.3 Å². The summed E-state index contributed by atoms with van der Waals surface area (Å²) in [6.45, 7) is 7.69. The molecule has 1 unspecified atom stereocenters. The Hall–Kier alpha value is -1.02. The zero-order valence-electron chi connectivity index (χ0n) is 11.4. The lowest BCUT2D eigenvalue weighted by Crippen LogP contribution is -2.41. The Morgan fingerprint density at radius 1 is 1.26 bits per heavy atom. The first-order valence-electron chi connectivity index (χ1n) is 6.28. The van der Waals surface area contributed by atoms with Crippen molar-refractivity contribution in [1.29, 1.82) is 0 Å². The van der Waals surface area contributed by atoms with Gasteiger partial charge in [-0.1, -0.05) is 5.21 Å². The smallest absolute Gasteiger partial charge is 0.398 e. The Bertz CT molecular complexity index is 502. The average Bonchev–Trinajstić information content (AvgIpc) is 2.65. The van der Waals surface area contributed by atoms with Gasteiger partial charge in [0.1, 0.15) is 11.6 Å². The Morgan fingerprint density at radius 3 is 2.26 bits per heavy atom. The van der Waals surface area contributed by atoms with Gasteiger partial charge < -0.3 is 9.31 Å². The first-order valence-corrected chi connectivity index (χ1v) is 6.28. The van der Waals surface area contributed by atoms with Crippen LogP contribution in [-0.2, 0) is 9.31 Å². The number of hydrogen-bond acceptors (Lipinski definition) is 4. The highest BCUT2D eigenvalue weighted by atomic mass is 19.3. The lowest BCUT2D eigenvalue weighted by atomic mass is 9.86. The standard InChI is InChI=1S/C11H16BF2N3O2/c1-9(2)10(3,4)19-12(18-9)8-6-17(16-15-8)7-5-11(7,13)14/h6-7H,5H2,1-4H3. The molecule has 104 valence electrons. The molecule has 1 aliphatic carbocycles. The summed E-state index contributed by atoms with van der Waals surface area (Å²) < 4.78 is 38.7. The predicted octanol–water partition coefficient (Wildman–Crippen LogP) is 1.16. The summed E-state index contributed by atoms with van der Waals surface area (Å²) in [5, 5.41) is 7.63. The van der Waals surface area contributed by atoms with Gasteiger partial charge >= 0.3 is 7.12 Å². The molecule has 8 heteroatoms. The third-order valence-electron chi connectivity index (χ3n) is 4.13. The molecule has 19 heavy (non-hydrogen) atoms. The van der Waals surface area contributed by atoms with Crippen LogP contribution >= 0.6 is 0 Å². The van der Waals surface area contributed by atoms with Crippen molar-refractivity contribution in [3.8, 4) is 0 Å². The molecule has 0 radical (unpaired) electrons. The molecule has 2 heterocycles. The number of halogens is 2. The zero-order chi connectivity index (χ0) is 14.1. The molecule has 5 nitrogen and oxygen atoms in total. The molecule has 1 saturated carbocycles. The minimum absolute atomic E-state index is 0.181. The fourth-order valence-corrected chi connectivity index (χ4v) is 2.00. The van der Waals surface area contributed by atoms with E-state index >= 15 is 0 Å².